The molecule has 2 aromatic heterocycles. The van der Waals surface area contributed by atoms with E-state index < -0.39 is 0 Å². The van der Waals surface area contributed by atoms with Crippen LogP contribution >= 0.6 is 11.3 Å². The number of carbonyl (C=O) groups is 1. The highest BCUT2D eigenvalue weighted by Gasteiger charge is 2.27. The van der Waals surface area contributed by atoms with Crippen LogP contribution in [0.5, 0.6) is 11.5 Å². The van der Waals surface area contributed by atoms with Gasteiger partial charge in [0.15, 0.2) is 11.5 Å². The molecule has 3 heterocycles. The van der Waals surface area contributed by atoms with E-state index in [0.29, 0.717) is 26.3 Å². The first kappa shape index (κ1) is 21.4. The normalized spacial score (nSPS) is 16.3. The molecule has 0 saturated carbocycles. The highest BCUT2D eigenvalue weighted by Crippen LogP contribution is 2.31. The van der Waals surface area contributed by atoms with Gasteiger partial charge in [-0.3, -0.25) is 4.79 Å². The molecule has 164 valence electrons. The van der Waals surface area contributed by atoms with Crippen LogP contribution in [-0.2, 0) is 11.3 Å². The lowest BCUT2D eigenvalue weighted by Gasteiger charge is -2.33. The Bertz CT molecular complexity index is 1040. The number of nitrogens with zero attached hydrogens (tertiary/aromatic N) is 2. The number of hydrogen-bond donors (Lipinski definition) is 1. The SMILES string of the molecule is CCOc1ccc(CNC(=O)C2CCCN(c3nccc4sccc34)C2)cc1OCC. The fourth-order valence-corrected chi connectivity index (χ4v) is 4.83. The van der Waals surface area contributed by atoms with Crippen LogP contribution in [0.2, 0.25) is 0 Å². The van der Waals surface area contributed by atoms with Gasteiger partial charge >= 0.3 is 0 Å². The minimum Gasteiger partial charge on any atom is -0.490 e. The molecule has 0 radical (unpaired) electrons. The summed E-state index contributed by atoms with van der Waals surface area (Å²) in [4.78, 5) is 19.8. The van der Waals surface area contributed by atoms with Gasteiger partial charge in [0, 0.05) is 35.9 Å². The molecule has 1 atom stereocenters. The monoisotopic (exact) mass is 439 g/mol. The van der Waals surface area contributed by atoms with E-state index in [1.54, 1.807) is 11.3 Å². The van der Waals surface area contributed by atoms with Crippen molar-refractivity contribution in [3.8, 4) is 11.5 Å². The van der Waals surface area contributed by atoms with Crippen molar-refractivity contribution in [2.24, 2.45) is 5.92 Å². The number of thiophene rings is 1. The van der Waals surface area contributed by atoms with Gasteiger partial charge in [-0.2, -0.15) is 0 Å². The maximum Gasteiger partial charge on any atom is 0.225 e. The molecule has 1 aromatic carbocycles. The first-order valence-corrected chi connectivity index (χ1v) is 11.8. The molecule has 0 bridgehead atoms. The number of anilines is 1. The summed E-state index contributed by atoms with van der Waals surface area (Å²) in [7, 11) is 0. The zero-order valence-electron chi connectivity index (χ0n) is 18.1. The number of amides is 1. The van der Waals surface area contributed by atoms with E-state index in [1.165, 1.54) is 10.1 Å². The Kier molecular flexibility index (Phi) is 6.92. The highest BCUT2D eigenvalue weighted by molar-refractivity contribution is 7.17. The summed E-state index contributed by atoms with van der Waals surface area (Å²) in [5.41, 5.74) is 0.998. The van der Waals surface area contributed by atoms with Gasteiger partial charge in [-0.1, -0.05) is 6.07 Å². The molecule has 0 spiro atoms. The van der Waals surface area contributed by atoms with Crippen molar-refractivity contribution in [3.63, 3.8) is 0 Å². The number of ether oxygens (including phenoxy) is 2. The summed E-state index contributed by atoms with van der Waals surface area (Å²) in [6.07, 6.45) is 3.74. The van der Waals surface area contributed by atoms with Gasteiger partial charge in [0.2, 0.25) is 5.91 Å². The molecule has 7 heteroatoms. The first-order chi connectivity index (χ1) is 15.2. The smallest absolute Gasteiger partial charge is 0.225 e. The molecule has 1 aliphatic heterocycles. The van der Waals surface area contributed by atoms with Crippen LogP contribution < -0.4 is 19.7 Å². The fourth-order valence-electron chi connectivity index (χ4n) is 4.05. The number of fused-ring (bicyclic) bond motifs is 1. The minimum atomic E-state index is -0.0431. The summed E-state index contributed by atoms with van der Waals surface area (Å²) in [6, 6.07) is 10.00. The Labute approximate surface area is 187 Å². The van der Waals surface area contributed by atoms with E-state index in [-0.39, 0.29) is 11.8 Å². The largest absolute Gasteiger partial charge is 0.490 e. The van der Waals surface area contributed by atoms with Crippen LogP contribution in [0, 0.1) is 5.92 Å². The molecule has 31 heavy (non-hydrogen) atoms. The lowest BCUT2D eigenvalue weighted by atomic mass is 9.96. The Morgan fingerprint density at radius 1 is 1.19 bits per heavy atom. The average Bonchev–Trinajstić information content (AvgIpc) is 3.28. The molecular weight excluding hydrogens is 410 g/mol. The average molecular weight is 440 g/mol. The number of hydrogen-bond acceptors (Lipinski definition) is 6. The number of nitrogens with one attached hydrogen (secondary N) is 1. The molecule has 0 aliphatic carbocycles. The van der Waals surface area contributed by atoms with E-state index in [9.17, 15) is 4.79 Å². The Balaban J connectivity index is 1.40. The van der Waals surface area contributed by atoms with Crippen LogP contribution in [0.1, 0.15) is 32.3 Å². The number of rotatable bonds is 8. The molecule has 1 saturated heterocycles. The highest BCUT2D eigenvalue weighted by atomic mass is 32.1. The van der Waals surface area contributed by atoms with E-state index in [2.05, 4.69) is 26.6 Å². The van der Waals surface area contributed by atoms with Crippen molar-refractivity contribution < 1.29 is 14.3 Å². The molecule has 3 aromatic rings. The lowest BCUT2D eigenvalue weighted by molar-refractivity contribution is -0.125. The van der Waals surface area contributed by atoms with Crippen molar-refractivity contribution in [1.82, 2.24) is 10.3 Å². The number of pyridine rings is 1. The summed E-state index contributed by atoms with van der Waals surface area (Å²) in [5.74, 6) is 2.49. The van der Waals surface area contributed by atoms with Gasteiger partial charge in [0.1, 0.15) is 5.82 Å². The van der Waals surface area contributed by atoms with Crippen molar-refractivity contribution in [2.45, 2.75) is 33.2 Å². The second kappa shape index (κ2) is 10.0. The third kappa shape index (κ3) is 4.93. The number of carbonyl (C=O) groups excluding carboxylic acids is 1. The van der Waals surface area contributed by atoms with Gasteiger partial charge in [-0.25, -0.2) is 4.98 Å². The van der Waals surface area contributed by atoms with Crippen molar-refractivity contribution in [1.29, 1.82) is 0 Å². The number of piperidine rings is 1. The standard InChI is InChI=1S/C24H29N3O3S/c1-3-29-20-8-7-17(14-21(20)30-4-2)15-26-24(28)18-6-5-12-27(16-18)23-19-10-13-31-22(19)9-11-25-23/h7-11,13-14,18H,3-6,12,15-16H2,1-2H3,(H,26,28). The van der Waals surface area contributed by atoms with Crippen LogP contribution in [-0.4, -0.2) is 37.2 Å². The Hall–Kier alpha value is -2.80. The van der Waals surface area contributed by atoms with Crippen LogP contribution in [0.15, 0.2) is 41.9 Å². The van der Waals surface area contributed by atoms with Gasteiger partial charge in [0.25, 0.3) is 0 Å². The fraction of sp³-hybridized carbons (Fsp3) is 0.417. The lowest BCUT2D eigenvalue weighted by Crippen LogP contribution is -2.43. The first-order valence-electron chi connectivity index (χ1n) is 10.9. The summed E-state index contributed by atoms with van der Waals surface area (Å²) < 4.78 is 12.5. The van der Waals surface area contributed by atoms with E-state index >= 15 is 0 Å². The van der Waals surface area contributed by atoms with E-state index in [4.69, 9.17) is 9.47 Å². The van der Waals surface area contributed by atoms with Crippen molar-refractivity contribution in [2.75, 3.05) is 31.2 Å². The maximum absolute atomic E-state index is 12.9. The van der Waals surface area contributed by atoms with E-state index in [0.717, 1.165) is 42.3 Å². The molecule has 1 fully saturated rings. The summed E-state index contributed by atoms with van der Waals surface area (Å²) in [6.45, 7) is 7.15. The second-order valence-electron chi connectivity index (χ2n) is 7.62. The van der Waals surface area contributed by atoms with Gasteiger partial charge < -0.3 is 19.7 Å². The summed E-state index contributed by atoms with van der Waals surface area (Å²) in [5, 5.41) is 6.38. The van der Waals surface area contributed by atoms with E-state index in [1.807, 2.05) is 44.3 Å². The van der Waals surface area contributed by atoms with Crippen LogP contribution in [0.25, 0.3) is 10.1 Å². The molecule has 1 unspecified atom stereocenters. The third-order valence-electron chi connectivity index (χ3n) is 5.53. The van der Waals surface area contributed by atoms with Gasteiger partial charge in [-0.05, 0) is 61.9 Å². The number of aromatic nitrogens is 1. The van der Waals surface area contributed by atoms with Crippen LogP contribution in [0.3, 0.4) is 0 Å². The maximum atomic E-state index is 12.9. The predicted octanol–water partition coefficient (Wildman–Crippen LogP) is 4.63. The molecule has 4 rings (SSSR count). The van der Waals surface area contributed by atoms with Crippen LogP contribution in [0.4, 0.5) is 5.82 Å². The zero-order valence-corrected chi connectivity index (χ0v) is 18.9. The predicted molar refractivity (Wildman–Crippen MR) is 125 cm³/mol. The minimum absolute atomic E-state index is 0.0431. The Morgan fingerprint density at radius 2 is 2.03 bits per heavy atom. The molecule has 1 amide bonds. The second-order valence-corrected chi connectivity index (χ2v) is 8.56. The molecule has 1 aliphatic rings. The molecule has 1 N–H and O–H groups in total. The number of benzene rings is 1. The third-order valence-corrected chi connectivity index (χ3v) is 6.41. The van der Waals surface area contributed by atoms with Crippen molar-refractivity contribution >= 4 is 33.1 Å². The topological polar surface area (TPSA) is 63.7 Å². The molecular formula is C24H29N3O3S. The summed E-state index contributed by atoms with van der Waals surface area (Å²) >= 11 is 1.72. The molecule has 6 nitrogen and oxygen atoms in total. The van der Waals surface area contributed by atoms with Gasteiger partial charge in [0.05, 0.1) is 19.1 Å². The van der Waals surface area contributed by atoms with Crippen molar-refractivity contribution in [3.05, 3.63) is 47.5 Å². The van der Waals surface area contributed by atoms with Gasteiger partial charge in [-0.15, -0.1) is 11.3 Å². The Morgan fingerprint density at radius 3 is 2.87 bits per heavy atom. The quantitative estimate of drug-likeness (QED) is 0.555. The zero-order chi connectivity index (χ0) is 21.6.